The summed E-state index contributed by atoms with van der Waals surface area (Å²) in [6.07, 6.45) is 1.66. The van der Waals surface area contributed by atoms with Crippen molar-refractivity contribution in [3.05, 3.63) is 65.9 Å². The van der Waals surface area contributed by atoms with Crippen LogP contribution in [-0.4, -0.2) is 12.6 Å². The van der Waals surface area contributed by atoms with Crippen molar-refractivity contribution in [2.24, 2.45) is 5.92 Å². The van der Waals surface area contributed by atoms with Crippen LogP contribution in [-0.2, 0) is 13.1 Å². The zero-order chi connectivity index (χ0) is 18.4. The number of hydrogen-bond acceptors (Lipinski definition) is 3. The number of carbonyl (C=O) groups is 1. The molecular weight excluding hydrogens is 328 g/mol. The van der Waals surface area contributed by atoms with E-state index in [0.29, 0.717) is 25.6 Å². The first-order valence-corrected chi connectivity index (χ1v) is 8.80. The Labute approximate surface area is 153 Å². The van der Waals surface area contributed by atoms with E-state index in [1.807, 2.05) is 48.5 Å². The molecule has 0 aliphatic rings. The highest BCUT2D eigenvalue weighted by Gasteiger charge is 2.04. The highest BCUT2D eigenvalue weighted by molar-refractivity contribution is 5.78. The first-order valence-electron chi connectivity index (χ1n) is 8.80. The largest absolute Gasteiger partial charge is 0.493 e. The van der Waals surface area contributed by atoms with Gasteiger partial charge in [-0.05, 0) is 41.3 Å². The van der Waals surface area contributed by atoms with Crippen LogP contribution < -0.4 is 15.4 Å². The summed E-state index contributed by atoms with van der Waals surface area (Å²) < 4.78 is 11.0. The Balaban J connectivity index is 1.43. The molecule has 1 aromatic heterocycles. The van der Waals surface area contributed by atoms with E-state index < -0.39 is 0 Å². The van der Waals surface area contributed by atoms with Crippen molar-refractivity contribution in [2.75, 3.05) is 6.61 Å². The molecule has 0 unspecified atom stereocenters. The van der Waals surface area contributed by atoms with Crippen LogP contribution in [0.1, 0.15) is 25.0 Å². The summed E-state index contributed by atoms with van der Waals surface area (Å²) in [5, 5.41) is 6.77. The van der Waals surface area contributed by atoms with E-state index in [0.717, 1.165) is 27.8 Å². The minimum atomic E-state index is -0.204. The van der Waals surface area contributed by atoms with Crippen LogP contribution in [0.3, 0.4) is 0 Å². The molecule has 2 N–H and O–H groups in total. The van der Waals surface area contributed by atoms with E-state index in [1.165, 1.54) is 0 Å². The Morgan fingerprint density at radius 3 is 2.42 bits per heavy atom. The van der Waals surface area contributed by atoms with Gasteiger partial charge in [0.1, 0.15) is 11.3 Å². The number of fused-ring (bicyclic) bond motifs is 1. The lowest BCUT2D eigenvalue weighted by molar-refractivity contribution is 0.240. The Bertz CT molecular complexity index is 853. The Kier molecular flexibility index (Phi) is 5.79. The van der Waals surface area contributed by atoms with Gasteiger partial charge in [-0.3, -0.25) is 0 Å². The van der Waals surface area contributed by atoms with Gasteiger partial charge in [0.05, 0.1) is 12.9 Å². The quantitative estimate of drug-likeness (QED) is 0.659. The molecule has 26 heavy (non-hydrogen) atoms. The number of ether oxygens (including phenoxy) is 1. The van der Waals surface area contributed by atoms with Gasteiger partial charge < -0.3 is 19.8 Å². The van der Waals surface area contributed by atoms with E-state index in [9.17, 15) is 4.79 Å². The van der Waals surface area contributed by atoms with Crippen LogP contribution in [0.2, 0.25) is 0 Å². The lowest BCUT2D eigenvalue weighted by Gasteiger charge is -2.10. The predicted molar refractivity (Wildman–Crippen MR) is 102 cm³/mol. The van der Waals surface area contributed by atoms with Crippen LogP contribution in [0.4, 0.5) is 4.79 Å². The summed E-state index contributed by atoms with van der Waals surface area (Å²) in [4.78, 5) is 12.0. The standard InChI is InChI=1S/C21H24N2O3/c1-15(2)14-26-19-7-4-16(5-8-19)12-22-21(24)23-13-17-3-6-18-9-10-25-20(18)11-17/h3-11,15H,12-14H2,1-2H3,(H2,22,23,24). The zero-order valence-corrected chi connectivity index (χ0v) is 15.1. The van der Waals surface area contributed by atoms with Crippen molar-refractivity contribution in [1.29, 1.82) is 0 Å². The summed E-state index contributed by atoms with van der Waals surface area (Å²) in [6, 6.07) is 15.4. The second kappa shape index (κ2) is 8.43. The molecule has 0 fully saturated rings. The number of nitrogens with one attached hydrogen (secondary N) is 2. The molecule has 5 heteroatoms. The van der Waals surface area contributed by atoms with Crippen molar-refractivity contribution in [3.63, 3.8) is 0 Å². The van der Waals surface area contributed by atoms with Gasteiger partial charge in [0, 0.05) is 18.5 Å². The Morgan fingerprint density at radius 1 is 1.00 bits per heavy atom. The fourth-order valence-electron chi connectivity index (χ4n) is 2.50. The minimum Gasteiger partial charge on any atom is -0.493 e. The van der Waals surface area contributed by atoms with Gasteiger partial charge in [0.15, 0.2) is 0 Å². The van der Waals surface area contributed by atoms with Crippen LogP contribution >= 0.6 is 0 Å². The molecule has 2 aromatic carbocycles. The SMILES string of the molecule is CC(C)COc1ccc(CNC(=O)NCc2ccc3ccoc3c2)cc1. The van der Waals surface area contributed by atoms with E-state index in [4.69, 9.17) is 9.15 Å². The minimum absolute atomic E-state index is 0.204. The summed E-state index contributed by atoms with van der Waals surface area (Å²) in [5.41, 5.74) is 2.84. The number of furan rings is 1. The van der Waals surface area contributed by atoms with Crippen molar-refractivity contribution >= 4 is 17.0 Å². The van der Waals surface area contributed by atoms with Crippen LogP contribution in [0.5, 0.6) is 5.75 Å². The number of benzene rings is 2. The van der Waals surface area contributed by atoms with E-state index in [2.05, 4.69) is 24.5 Å². The number of carbonyl (C=O) groups excluding carboxylic acids is 1. The maximum atomic E-state index is 12.0. The third-order valence-corrected chi connectivity index (χ3v) is 3.93. The second-order valence-corrected chi connectivity index (χ2v) is 6.68. The molecule has 1 heterocycles. The van der Waals surface area contributed by atoms with Gasteiger partial charge in [-0.25, -0.2) is 4.79 Å². The van der Waals surface area contributed by atoms with Gasteiger partial charge in [-0.15, -0.1) is 0 Å². The van der Waals surface area contributed by atoms with Crippen molar-refractivity contribution in [1.82, 2.24) is 10.6 Å². The zero-order valence-electron chi connectivity index (χ0n) is 15.1. The average molecular weight is 352 g/mol. The monoisotopic (exact) mass is 352 g/mol. The molecule has 5 nitrogen and oxygen atoms in total. The highest BCUT2D eigenvalue weighted by Crippen LogP contribution is 2.17. The molecule has 136 valence electrons. The topological polar surface area (TPSA) is 63.5 Å². The van der Waals surface area contributed by atoms with Gasteiger partial charge in [0.2, 0.25) is 0 Å². The summed E-state index contributed by atoms with van der Waals surface area (Å²) in [5.74, 6) is 1.34. The van der Waals surface area contributed by atoms with E-state index in [1.54, 1.807) is 6.26 Å². The molecule has 0 aliphatic heterocycles. The molecule has 0 atom stereocenters. The molecule has 0 saturated carbocycles. The van der Waals surface area contributed by atoms with E-state index in [-0.39, 0.29) is 6.03 Å². The lowest BCUT2D eigenvalue weighted by Crippen LogP contribution is -2.34. The predicted octanol–water partition coefficient (Wildman–Crippen LogP) is 4.47. The van der Waals surface area contributed by atoms with Crippen LogP contribution in [0.25, 0.3) is 11.0 Å². The van der Waals surface area contributed by atoms with E-state index >= 15 is 0 Å². The number of rotatable bonds is 7. The van der Waals surface area contributed by atoms with Crippen molar-refractivity contribution in [3.8, 4) is 5.75 Å². The summed E-state index contributed by atoms with van der Waals surface area (Å²) >= 11 is 0. The van der Waals surface area contributed by atoms with Gasteiger partial charge in [-0.1, -0.05) is 38.1 Å². The molecule has 3 rings (SSSR count). The maximum Gasteiger partial charge on any atom is 0.315 e. The summed E-state index contributed by atoms with van der Waals surface area (Å²) in [7, 11) is 0. The Morgan fingerprint density at radius 2 is 1.69 bits per heavy atom. The molecule has 0 bridgehead atoms. The number of hydrogen-bond donors (Lipinski definition) is 2. The van der Waals surface area contributed by atoms with Crippen molar-refractivity contribution in [2.45, 2.75) is 26.9 Å². The van der Waals surface area contributed by atoms with Gasteiger partial charge in [-0.2, -0.15) is 0 Å². The smallest absolute Gasteiger partial charge is 0.315 e. The lowest BCUT2D eigenvalue weighted by atomic mass is 10.2. The van der Waals surface area contributed by atoms with Crippen molar-refractivity contribution < 1.29 is 13.9 Å². The normalized spacial score (nSPS) is 10.9. The fraction of sp³-hybridized carbons (Fsp3) is 0.286. The third-order valence-electron chi connectivity index (χ3n) is 3.93. The summed E-state index contributed by atoms with van der Waals surface area (Å²) in [6.45, 7) is 5.84. The van der Waals surface area contributed by atoms with Crippen LogP contribution in [0, 0.1) is 5.92 Å². The van der Waals surface area contributed by atoms with Crippen LogP contribution in [0.15, 0.2) is 59.2 Å². The second-order valence-electron chi connectivity index (χ2n) is 6.68. The fourth-order valence-corrected chi connectivity index (χ4v) is 2.50. The molecule has 0 saturated heterocycles. The first kappa shape index (κ1) is 17.9. The molecular formula is C21H24N2O3. The van der Waals surface area contributed by atoms with Gasteiger partial charge in [0.25, 0.3) is 0 Å². The molecule has 0 spiro atoms. The maximum absolute atomic E-state index is 12.0. The average Bonchev–Trinajstić information content (AvgIpc) is 3.11. The third kappa shape index (κ3) is 5.02. The van der Waals surface area contributed by atoms with Gasteiger partial charge >= 0.3 is 6.03 Å². The molecule has 0 radical (unpaired) electrons. The number of urea groups is 1. The highest BCUT2D eigenvalue weighted by atomic mass is 16.5. The molecule has 3 aromatic rings. The molecule has 0 aliphatic carbocycles. The number of amides is 2. The molecule has 2 amide bonds. The Hall–Kier alpha value is -2.95. The first-order chi connectivity index (χ1) is 12.6.